The third-order valence-corrected chi connectivity index (χ3v) is 4.64. The average Bonchev–Trinajstić information content (AvgIpc) is 2.76. The number of rotatable bonds is 4. The molecule has 2 rings (SSSR count). The highest BCUT2D eigenvalue weighted by molar-refractivity contribution is 5.80. The smallest absolute Gasteiger partial charge is 0.194 e. The number of guanidine groups is 1. The molecule has 0 amide bonds. The molecule has 142 valence electrons. The molecule has 2 heterocycles. The van der Waals surface area contributed by atoms with Crippen LogP contribution in [0.1, 0.15) is 57.5 Å². The highest BCUT2D eigenvalue weighted by atomic mass is 16.5. The Kier molecular flexibility index (Phi) is 6.49. The Morgan fingerprint density at radius 1 is 1.28 bits per heavy atom. The lowest BCUT2D eigenvalue weighted by molar-refractivity contribution is -0.0772. The molecule has 1 aromatic rings. The van der Waals surface area contributed by atoms with Gasteiger partial charge in [-0.2, -0.15) is 5.10 Å². The van der Waals surface area contributed by atoms with Crippen LogP contribution >= 0.6 is 0 Å². The number of piperidine rings is 1. The molecular weight excluding hydrogens is 314 g/mol. The van der Waals surface area contributed by atoms with Gasteiger partial charge >= 0.3 is 0 Å². The van der Waals surface area contributed by atoms with Gasteiger partial charge < -0.3 is 15.0 Å². The second-order valence-corrected chi connectivity index (χ2v) is 7.86. The molecule has 1 aliphatic heterocycles. The van der Waals surface area contributed by atoms with Gasteiger partial charge in [0, 0.05) is 37.9 Å². The summed E-state index contributed by atoms with van der Waals surface area (Å²) >= 11 is 0. The monoisotopic (exact) mass is 349 g/mol. The molecule has 0 aliphatic carbocycles. The van der Waals surface area contributed by atoms with Crippen molar-refractivity contribution in [3.63, 3.8) is 0 Å². The second kappa shape index (κ2) is 8.21. The van der Waals surface area contributed by atoms with Gasteiger partial charge in [-0.3, -0.25) is 4.68 Å². The molecule has 0 bridgehead atoms. The number of aromatic nitrogens is 2. The zero-order valence-corrected chi connectivity index (χ0v) is 17.0. The summed E-state index contributed by atoms with van der Waals surface area (Å²) in [6.45, 7) is 16.2. The maximum absolute atomic E-state index is 6.13. The van der Waals surface area contributed by atoms with E-state index in [0.29, 0.717) is 12.6 Å². The number of aryl methyl sites for hydroxylation is 2. The quantitative estimate of drug-likeness (QED) is 0.671. The number of hydrogen-bond acceptors (Lipinski definition) is 3. The standard InChI is InChI=1S/C19H35N5O/c1-8-20-18(21-13-17-14(2)22-23(7)15(17)3)24-11-9-16(10-12-24)25-19(4,5)6/h16H,8-13H2,1-7H3,(H,20,21). The summed E-state index contributed by atoms with van der Waals surface area (Å²) in [4.78, 5) is 7.23. The van der Waals surface area contributed by atoms with Gasteiger partial charge in [-0.05, 0) is 54.4 Å². The van der Waals surface area contributed by atoms with Crippen LogP contribution in [0.4, 0.5) is 0 Å². The largest absolute Gasteiger partial charge is 0.372 e. The Hall–Kier alpha value is -1.56. The first-order valence-electron chi connectivity index (χ1n) is 9.41. The molecule has 1 aliphatic rings. The van der Waals surface area contributed by atoms with E-state index in [4.69, 9.17) is 9.73 Å². The van der Waals surface area contributed by atoms with Crippen molar-refractivity contribution in [2.24, 2.45) is 12.0 Å². The Morgan fingerprint density at radius 3 is 2.40 bits per heavy atom. The van der Waals surface area contributed by atoms with Crippen LogP contribution in [0, 0.1) is 13.8 Å². The van der Waals surface area contributed by atoms with Crippen LogP contribution in [0.25, 0.3) is 0 Å². The van der Waals surface area contributed by atoms with Crippen molar-refractivity contribution in [3.05, 3.63) is 17.0 Å². The summed E-state index contributed by atoms with van der Waals surface area (Å²) in [5.41, 5.74) is 3.41. The van der Waals surface area contributed by atoms with Gasteiger partial charge in [0.15, 0.2) is 5.96 Å². The SMILES string of the molecule is CCNC(=NCc1c(C)nn(C)c1C)N1CCC(OC(C)(C)C)CC1. The Labute approximate surface area is 152 Å². The van der Waals surface area contributed by atoms with Crippen molar-refractivity contribution < 1.29 is 4.74 Å². The van der Waals surface area contributed by atoms with E-state index in [1.165, 1.54) is 11.3 Å². The fraction of sp³-hybridized carbons (Fsp3) is 0.789. The van der Waals surface area contributed by atoms with Crippen LogP contribution in [0.3, 0.4) is 0 Å². The molecule has 1 saturated heterocycles. The van der Waals surface area contributed by atoms with E-state index < -0.39 is 0 Å². The number of ether oxygens (including phenoxy) is 1. The molecule has 25 heavy (non-hydrogen) atoms. The number of hydrogen-bond donors (Lipinski definition) is 1. The predicted molar refractivity (Wildman–Crippen MR) is 103 cm³/mol. The molecule has 1 N–H and O–H groups in total. The minimum Gasteiger partial charge on any atom is -0.372 e. The highest BCUT2D eigenvalue weighted by Crippen LogP contribution is 2.20. The highest BCUT2D eigenvalue weighted by Gasteiger charge is 2.25. The van der Waals surface area contributed by atoms with E-state index >= 15 is 0 Å². The normalized spacial score (nSPS) is 17.2. The van der Waals surface area contributed by atoms with Crippen LogP contribution in [-0.2, 0) is 18.3 Å². The summed E-state index contributed by atoms with van der Waals surface area (Å²) in [6.07, 6.45) is 2.45. The first-order chi connectivity index (χ1) is 11.7. The second-order valence-electron chi connectivity index (χ2n) is 7.86. The molecule has 6 heteroatoms. The van der Waals surface area contributed by atoms with Crippen molar-refractivity contribution in [3.8, 4) is 0 Å². The van der Waals surface area contributed by atoms with E-state index in [9.17, 15) is 0 Å². The number of aliphatic imine (C=N–C) groups is 1. The van der Waals surface area contributed by atoms with Gasteiger partial charge in [0.25, 0.3) is 0 Å². The Balaban J connectivity index is 2.01. The van der Waals surface area contributed by atoms with Crippen LogP contribution in [0.15, 0.2) is 4.99 Å². The molecule has 0 atom stereocenters. The number of nitrogens with one attached hydrogen (secondary N) is 1. The van der Waals surface area contributed by atoms with E-state index in [-0.39, 0.29) is 5.60 Å². The third-order valence-electron chi connectivity index (χ3n) is 4.64. The minimum absolute atomic E-state index is 0.0687. The lowest BCUT2D eigenvalue weighted by Gasteiger charge is -2.37. The van der Waals surface area contributed by atoms with Crippen LogP contribution < -0.4 is 5.32 Å². The van der Waals surface area contributed by atoms with Gasteiger partial charge in [-0.25, -0.2) is 4.99 Å². The van der Waals surface area contributed by atoms with Crippen LogP contribution in [0.5, 0.6) is 0 Å². The number of likely N-dealkylation sites (tertiary alicyclic amines) is 1. The fourth-order valence-electron chi connectivity index (χ4n) is 3.31. The summed E-state index contributed by atoms with van der Waals surface area (Å²) in [6, 6.07) is 0. The first-order valence-corrected chi connectivity index (χ1v) is 9.41. The van der Waals surface area contributed by atoms with Gasteiger partial charge in [0.1, 0.15) is 0 Å². The predicted octanol–water partition coefficient (Wildman–Crippen LogP) is 2.78. The first kappa shape index (κ1) is 19.8. The average molecular weight is 350 g/mol. The maximum Gasteiger partial charge on any atom is 0.194 e. The molecule has 1 fully saturated rings. The Morgan fingerprint density at radius 2 is 1.92 bits per heavy atom. The molecule has 0 spiro atoms. The van der Waals surface area contributed by atoms with Crippen molar-refractivity contribution >= 4 is 5.96 Å². The van der Waals surface area contributed by atoms with E-state index in [1.54, 1.807) is 0 Å². The molecule has 1 aromatic heterocycles. The lowest BCUT2D eigenvalue weighted by atomic mass is 10.1. The lowest BCUT2D eigenvalue weighted by Crippen LogP contribution is -2.47. The zero-order chi connectivity index (χ0) is 18.6. The Bertz CT molecular complexity index is 592. The number of nitrogens with zero attached hydrogens (tertiary/aromatic N) is 4. The van der Waals surface area contributed by atoms with Crippen LogP contribution in [0.2, 0.25) is 0 Å². The van der Waals surface area contributed by atoms with E-state index in [2.05, 4.69) is 56.9 Å². The molecule has 0 saturated carbocycles. The maximum atomic E-state index is 6.13. The van der Waals surface area contributed by atoms with Gasteiger partial charge in [-0.15, -0.1) is 0 Å². The molecule has 0 unspecified atom stereocenters. The van der Waals surface area contributed by atoms with Crippen LogP contribution in [-0.4, -0.2) is 52.0 Å². The van der Waals surface area contributed by atoms with Crippen molar-refractivity contribution in [2.45, 2.75) is 72.6 Å². The topological polar surface area (TPSA) is 54.7 Å². The van der Waals surface area contributed by atoms with Gasteiger partial charge in [0.05, 0.1) is 23.9 Å². The van der Waals surface area contributed by atoms with Gasteiger partial charge in [0.2, 0.25) is 0 Å². The fourth-order valence-corrected chi connectivity index (χ4v) is 3.31. The summed E-state index contributed by atoms with van der Waals surface area (Å²) in [5, 5.41) is 7.93. The van der Waals surface area contributed by atoms with E-state index in [1.807, 2.05) is 11.7 Å². The molecular formula is C19H35N5O. The van der Waals surface area contributed by atoms with Crippen molar-refractivity contribution in [1.82, 2.24) is 20.0 Å². The molecule has 0 aromatic carbocycles. The zero-order valence-electron chi connectivity index (χ0n) is 17.0. The van der Waals surface area contributed by atoms with Gasteiger partial charge in [-0.1, -0.05) is 0 Å². The molecule has 6 nitrogen and oxygen atoms in total. The summed E-state index contributed by atoms with van der Waals surface area (Å²) in [5.74, 6) is 0.999. The van der Waals surface area contributed by atoms with E-state index in [0.717, 1.165) is 44.1 Å². The third kappa shape index (κ3) is 5.46. The van der Waals surface area contributed by atoms with Crippen molar-refractivity contribution in [1.29, 1.82) is 0 Å². The van der Waals surface area contributed by atoms with Crippen molar-refractivity contribution in [2.75, 3.05) is 19.6 Å². The summed E-state index contributed by atoms with van der Waals surface area (Å²) < 4.78 is 8.07. The summed E-state index contributed by atoms with van der Waals surface area (Å²) in [7, 11) is 1.99. The molecule has 0 radical (unpaired) electrons. The minimum atomic E-state index is -0.0687.